The molecule has 0 saturated carbocycles. The third-order valence-electron chi connectivity index (χ3n) is 14.1. The van der Waals surface area contributed by atoms with Gasteiger partial charge in [0.05, 0.1) is 0 Å². The summed E-state index contributed by atoms with van der Waals surface area (Å²) in [7, 11) is 0. The molecule has 0 spiro atoms. The van der Waals surface area contributed by atoms with Crippen LogP contribution in [0.2, 0.25) is 0 Å². The summed E-state index contributed by atoms with van der Waals surface area (Å²) in [6.07, 6.45) is 87.5. The quantitative estimate of drug-likeness (QED) is 0.0423. The molecule has 0 fully saturated rings. The summed E-state index contributed by atoms with van der Waals surface area (Å²) >= 11 is 0. The Morgan fingerprint density at radius 2 is 0.283 bits per heavy atom. The van der Waals surface area contributed by atoms with E-state index < -0.39 is 0 Å². The topological polar surface area (TPSA) is 0 Å². The Morgan fingerprint density at radius 3 is 0.417 bits per heavy atom. The van der Waals surface area contributed by atoms with Crippen molar-refractivity contribution in [2.24, 2.45) is 0 Å². The number of hydrogen-bond acceptors (Lipinski definition) is 0. The van der Waals surface area contributed by atoms with Crippen molar-refractivity contribution in [3.63, 3.8) is 0 Å². The molecular weight excluding hydrogens is 721 g/mol. The average Bonchev–Trinajstić information content (AvgIpc) is 3.26. The lowest BCUT2D eigenvalue weighted by Gasteiger charge is -2.05. The molecule has 0 aliphatic rings. The zero-order valence-corrected chi connectivity index (χ0v) is 42.8. The van der Waals surface area contributed by atoms with E-state index in [9.17, 15) is 0 Å². The van der Waals surface area contributed by atoms with E-state index in [-0.39, 0.29) is 0 Å². The van der Waals surface area contributed by atoms with E-state index >= 15 is 0 Å². The molecule has 0 rings (SSSR count). The van der Waals surface area contributed by atoms with E-state index in [1.54, 1.807) is 0 Å². The highest BCUT2D eigenvalue weighted by Crippen LogP contribution is 2.19. The van der Waals surface area contributed by atoms with E-state index in [0.717, 1.165) is 0 Å². The Morgan fingerprint density at radius 1 is 0.150 bits per heavy atom. The zero-order chi connectivity index (χ0) is 43.0. The molecule has 60 heavy (non-hydrogen) atoms. The van der Waals surface area contributed by atoms with Crippen molar-refractivity contribution in [2.75, 3.05) is 0 Å². The molecule has 0 radical (unpaired) electrons. The van der Waals surface area contributed by atoms with Gasteiger partial charge in [-0.2, -0.15) is 0 Å². The second kappa shape index (κ2) is 58.7. The lowest BCUT2D eigenvalue weighted by atomic mass is 10.0. The van der Waals surface area contributed by atoms with Crippen LogP contribution in [0.4, 0.5) is 0 Å². The third-order valence-corrected chi connectivity index (χ3v) is 14.1. The highest BCUT2D eigenvalue weighted by molar-refractivity contribution is 4.79. The summed E-state index contributed by atoms with van der Waals surface area (Å²) in [5, 5.41) is 0. The SMILES string of the molecule is CCC=CCCCCCCCCCCCCCCCCCCCCCCCCCCCCCCCCCCCCCCCCCCCCCCCCCCCCCCCC. The van der Waals surface area contributed by atoms with Gasteiger partial charge in [0.1, 0.15) is 0 Å². The van der Waals surface area contributed by atoms with Crippen LogP contribution in [0.25, 0.3) is 0 Å². The molecular formula is C60H120. The van der Waals surface area contributed by atoms with Crippen LogP contribution in [0.1, 0.15) is 373 Å². The molecule has 0 atom stereocenters. The molecule has 0 aromatic rings. The second-order valence-corrected chi connectivity index (χ2v) is 20.4. The van der Waals surface area contributed by atoms with Gasteiger partial charge in [-0.3, -0.25) is 0 Å². The molecule has 0 unspecified atom stereocenters. The zero-order valence-electron chi connectivity index (χ0n) is 42.8. The molecule has 0 N–H and O–H groups in total. The molecule has 0 aliphatic carbocycles. The standard InChI is InChI=1S/C60H120/c1-3-5-7-9-11-13-15-17-19-21-23-25-27-29-31-33-35-37-39-41-43-45-47-49-51-53-55-57-59-60-58-56-54-52-50-48-46-44-42-40-38-36-34-32-30-28-26-24-22-20-18-16-14-12-10-8-6-4-2/h5,7H,3-4,6,8-60H2,1-2H3. The second-order valence-electron chi connectivity index (χ2n) is 20.4. The van der Waals surface area contributed by atoms with Crippen LogP contribution >= 0.6 is 0 Å². The fourth-order valence-electron chi connectivity index (χ4n) is 9.81. The van der Waals surface area contributed by atoms with Crippen LogP contribution in [-0.4, -0.2) is 0 Å². The third kappa shape index (κ3) is 57.7. The van der Waals surface area contributed by atoms with Crippen LogP contribution in [0.3, 0.4) is 0 Å². The van der Waals surface area contributed by atoms with E-state index in [4.69, 9.17) is 0 Å². The molecule has 0 heteroatoms. The molecule has 360 valence electrons. The lowest BCUT2D eigenvalue weighted by molar-refractivity contribution is 0.507. The Labute approximate surface area is 384 Å². The summed E-state index contributed by atoms with van der Waals surface area (Å²) in [6, 6.07) is 0. The Kier molecular flexibility index (Phi) is 58.5. The van der Waals surface area contributed by atoms with Crippen LogP contribution in [0.5, 0.6) is 0 Å². The predicted octanol–water partition coefficient (Wildman–Crippen LogP) is 23.4. The fraction of sp³-hybridized carbons (Fsp3) is 0.967. The van der Waals surface area contributed by atoms with Crippen molar-refractivity contribution in [3.8, 4) is 0 Å². The molecule has 0 aliphatic heterocycles. The largest absolute Gasteiger partial charge is 0.0888 e. The van der Waals surface area contributed by atoms with Crippen LogP contribution in [0, 0.1) is 0 Å². The van der Waals surface area contributed by atoms with Gasteiger partial charge in [-0.25, -0.2) is 0 Å². The van der Waals surface area contributed by atoms with Crippen molar-refractivity contribution in [1.82, 2.24) is 0 Å². The van der Waals surface area contributed by atoms with Gasteiger partial charge in [-0.15, -0.1) is 0 Å². The number of unbranched alkanes of at least 4 members (excludes halogenated alkanes) is 54. The van der Waals surface area contributed by atoms with Gasteiger partial charge in [-0.1, -0.05) is 366 Å². The van der Waals surface area contributed by atoms with Crippen molar-refractivity contribution in [3.05, 3.63) is 12.2 Å². The van der Waals surface area contributed by atoms with Crippen molar-refractivity contribution in [1.29, 1.82) is 0 Å². The van der Waals surface area contributed by atoms with Gasteiger partial charge in [0.2, 0.25) is 0 Å². The maximum Gasteiger partial charge on any atom is -0.0351 e. The minimum absolute atomic E-state index is 1.19. The first-order valence-electron chi connectivity index (χ1n) is 29.6. The van der Waals surface area contributed by atoms with Crippen LogP contribution in [-0.2, 0) is 0 Å². The first kappa shape index (κ1) is 59.7. The number of allylic oxidation sites excluding steroid dienone is 2. The molecule has 0 heterocycles. The highest BCUT2D eigenvalue weighted by Gasteiger charge is 1.99. The van der Waals surface area contributed by atoms with E-state index in [2.05, 4.69) is 26.0 Å². The average molecular weight is 842 g/mol. The molecule has 0 saturated heterocycles. The molecule has 0 aromatic heterocycles. The predicted molar refractivity (Wildman–Crippen MR) is 279 cm³/mol. The van der Waals surface area contributed by atoms with Gasteiger partial charge in [0.25, 0.3) is 0 Å². The molecule has 0 aromatic carbocycles. The van der Waals surface area contributed by atoms with E-state index in [1.165, 1.54) is 360 Å². The number of hydrogen-bond donors (Lipinski definition) is 0. The van der Waals surface area contributed by atoms with Crippen molar-refractivity contribution in [2.45, 2.75) is 373 Å². The van der Waals surface area contributed by atoms with Gasteiger partial charge in [0, 0.05) is 0 Å². The van der Waals surface area contributed by atoms with Gasteiger partial charge < -0.3 is 0 Å². The minimum Gasteiger partial charge on any atom is -0.0888 e. The maximum absolute atomic E-state index is 2.37. The fourth-order valence-corrected chi connectivity index (χ4v) is 9.81. The smallest absolute Gasteiger partial charge is 0.0351 e. The summed E-state index contributed by atoms with van der Waals surface area (Å²) in [5.74, 6) is 0. The Bertz CT molecular complexity index is 720. The van der Waals surface area contributed by atoms with Crippen molar-refractivity contribution < 1.29 is 0 Å². The maximum atomic E-state index is 2.37. The Hall–Kier alpha value is -0.260. The molecule has 0 nitrogen and oxygen atoms in total. The summed E-state index contributed by atoms with van der Waals surface area (Å²) in [5.41, 5.74) is 0. The summed E-state index contributed by atoms with van der Waals surface area (Å²) in [6.45, 7) is 4.54. The first-order chi connectivity index (χ1) is 29.9. The monoisotopic (exact) mass is 841 g/mol. The molecule has 0 amide bonds. The lowest BCUT2D eigenvalue weighted by Crippen LogP contribution is -1.85. The molecule has 0 bridgehead atoms. The highest BCUT2D eigenvalue weighted by atomic mass is 14.1. The minimum atomic E-state index is 1.19. The van der Waals surface area contributed by atoms with Crippen molar-refractivity contribution >= 4 is 0 Å². The van der Waals surface area contributed by atoms with Gasteiger partial charge >= 0.3 is 0 Å². The van der Waals surface area contributed by atoms with Crippen LogP contribution in [0.15, 0.2) is 12.2 Å². The number of rotatable bonds is 56. The van der Waals surface area contributed by atoms with E-state index in [0.29, 0.717) is 0 Å². The Balaban J connectivity index is 3.06. The van der Waals surface area contributed by atoms with Gasteiger partial charge in [0.15, 0.2) is 0 Å². The van der Waals surface area contributed by atoms with Crippen LogP contribution < -0.4 is 0 Å². The van der Waals surface area contributed by atoms with Gasteiger partial charge in [-0.05, 0) is 19.3 Å². The normalized spacial score (nSPS) is 11.8. The summed E-state index contributed by atoms with van der Waals surface area (Å²) in [4.78, 5) is 0. The summed E-state index contributed by atoms with van der Waals surface area (Å²) < 4.78 is 0. The first-order valence-corrected chi connectivity index (χ1v) is 29.6. The van der Waals surface area contributed by atoms with E-state index in [1.807, 2.05) is 0 Å².